The second-order valence-corrected chi connectivity index (χ2v) is 7.47. The molecule has 0 aliphatic carbocycles. The molecule has 0 spiro atoms. The Morgan fingerprint density at radius 3 is 1.45 bits per heavy atom. The van der Waals surface area contributed by atoms with Crippen molar-refractivity contribution in [2.24, 2.45) is 5.92 Å². The molecule has 10 heteroatoms. The number of hydrogen-bond donors (Lipinski definition) is 1. The number of ether oxygens (including phenoxy) is 7. The van der Waals surface area contributed by atoms with Crippen LogP contribution in [0.25, 0.3) is 0 Å². The first-order valence-corrected chi connectivity index (χ1v) is 11.9. The number of carboxylic acid groups (broad SMARTS) is 1. The van der Waals surface area contributed by atoms with Crippen molar-refractivity contribution in [2.45, 2.75) is 46.0 Å². The molecular weight excluding hydrogens is 436 g/mol. The summed E-state index contributed by atoms with van der Waals surface area (Å²) in [5, 5.41) is 8.51. The van der Waals surface area contributed by atoms with E-state index in [1.165, 1.54) is 0 Å². The number of rotatable bonds is 26. The molecular formula is C23H44O10. The topological polar surface area (TPSA) is 119 Å². The summed E-state index contributed by atoms with van der Waals surface area (Å²) in [6.45, 7) is 10.6. The first-order valence-electron chi connectivity index (χ1n) is 11.9. The van der Waals surface area contributed by atoms with Gasteiger partial charge in [-0.25, -0.2) is 0 Å². The second kappa shape index (κ2) is 25.3. The lowest BCUT2D eigenvalue weighted by atomic mass is 10.1. The molecule has 196 valence electrons. The van der Waals surface area contributed by atoms with E-state index in [1.807, 2.05) is 0 Å². The van der Waals surface area contributed by atoms with Crippen molar-refractivity contribution in [3.8, 4) is 0 Å². The highest BCUT2D eigenvalue weighted by atomic mass is 16.6. The quantitative estimate of drug-likeness (QED) is 0.146. The molecule has 0 bridgehead atoms. The fraction of sp³-hybridized carbons (Fsp3) is 0.913. The van der Waals surface area contributed by atoms with Crippen LogP contribution in [0.2, 0.25) is 0 Å². The highest BCUT2D eigenvalue weighted by Gasteiger charge is 2.04. The molecule has 1 N–H and O–H groups in total. The fourth-order valence-corrected chi connectivity index (χ4v) is 2.33. The smallest absolute Gasteiger partial charge is 0.305 e. The normalized spacial score (nSPS) is 12.1. The average Bonchev–Trinajstić information content (AvgIpc) is 2.80. The predicted octanol–water partition coefficient (Wildman–Crippen LogP) is 2.32. The minimum absolute atomic E-state index is 0.0695. The minimum atomic E-state index is -0.856. The molecule has 10 nitrogen and oxygen atoms in total. The molecule has 0 rings (SSSR count). The lowest BCUT2D eigenvalue weighted by Crippen LogP contribution is -2.15. The van der Waals surface area contributed by atoms with Gasteiger partial charge in [0.25, 0.3) is 0 Å². The second-order valence-electron chi connectivity index (χ2n) is 7.47. The molecule has 0 aromatic heterocycles. The van der Waals surface area contributed by atoms with Crippen molar-refractivity contribution >= 4 is 11.9 Å². The van der Waals surface area contributed by atoms with E-state index < -0.39 is 5.97 Å². The number of carbonyl (C=O) groups is 2. The predicted molar refractivity (Wildman–Crippen MR) is 121 cm³/mol. The van der Waals surface area contributed by atoms with Gasteiger partial charge in [0.1, 0.15) is 6.61 Å². The summed E-state index contributed by atoms with van der Waals surface area (Å²) < 4.78 is 37.4. The van der Waals surface area contributed by atoms with Gasteiger partial charge in [-0.3, -0.25) is 9.59 Å². The van der Waals surface area contributed by atoms with E-state index in [-0.39, 0.29) is 25.4 Å². The van der Waals surface area contributed by atoms with E-state index in [0.717, 1.165) is 13.0 Å². The number of hydrogen-bond acceptors (Lipinski definition) is 9. The molecule has 0 aliphatic rings. The highest BCUT2D eigenvalue weighted by molar-refractivity contribution is 5.69. The van der Waals surface area contributed by atoms with Crippen molar-refractivity contribution in [1.82, 2.24) is 0 Å². The average molecular weight is 481 g/mol. The van der Waals surface area contributed by atoms with Gasteiger partial charge >= 0.3 is 11.9 Å². The Balaban J connectivity index is 3.13. The van der Waals surface area contributed by atoms with Crippen LogP contribution in [-0.2, 0) is 42.7 Å². The Morgan fingerprint density at radius 2 is 1.03 bits per heavy atom. The van der Waals surface area contributed by atoms with Crippen LogP contribution in [0.15, 0.2) is 0 Å². The number of aliphatic carboxylic acids is 1. The lowest BCUT2D eigenvalue weighted by molar-refractivity contribution is -0.146. The third-order valence-electron chi connectivity index (χ3n) is 4.47. The maximum Gasteiger partial charge on any atom is 0.305 e. The van der Waals surface area contributed by atoms with Crippen molar-refractivity contribution in [3.05, 3.63) is 0 Å². The van der Waals surface area contributed by atoms with E-state index >= 15 is 0 Å². The zero-order chi connectivity index (χ0) is 24.4. The zero-order valence-electron chi connectivity index (χ0n) is 20.4. The molecule has 0 saturated carbocycles. The summed E-state index contributed by atoms with van der Waals surface area (Å²) in [6.07, 6.45) is 2.40. The van der Waals surface area contributed by atoms with E-state index in [2.05, 4.69) is 13.8 Å². The van der Waals surface area contributed by atoms with Gasteiger partial charge in [0.05, 0.1) is 72.7 Å². The van der Waals surface area contributed by atoms with Crippen LogP contribution in [0.5, 0.6) is 0 Å². The summed E-state index contributed by atoms with van der Waals surface area (Å²) in [5.74, 6) is -0.604. The Hall–Kier alpha value is -1.30. The van der Waals surface area contributed by atoms with Gasteiger partial charge in [-0.15, -0.1) is 0 Å². The van der Waals surface area contributed by atoms with E-state index in [9.17, 15) is 9.59 Å². The van der Waals surface area contributed by atoms with Crippen molar-refractivity contribution < 1.29 is 47.9 Å². The Bertz CT molecular complexity index is 447. The Morgan fingerprint density at radius 1 is 0.636 bits per heavy atom. The third-order valence-corrected chi connectivity index (χ3v) is 4.47. The summed E-state index contributed by atoms with van der Waals surface area (Å²) in [7, 11) is 0. The Kier molecular flexibility index (Phi) is 24.3. The molecule has 1 atom stereocenters. The van der Waals surface area contributed by atoms with Crippen LogP contribution in [0.1, 0.15) is 46.0 Å². The highest BCUT2D eigenvalue weighted by Crippen LogP contribution is 2.01. The molecule has 0 heterocycles. The van der Waals surface area contributed by atoms with Crippen molar-refractivity contribution in [3.63, 3.8) is 0 Å². The van der Waals surface area contributed by atoms with Gasteiger partial charge in [-0.05, 0) is 18.8 Å². The molecule has 33 heavy (non-hydrogen) atoms. The van der Waals surface area contributed by atoms with Gasteiger partial charge in [-0.2, -0.15) is 0 Å². The first kappa shape index (κ1) is 31.7. The minimum Gasteiger partial charge on any atom is -0.481 e. The molecule has 0 fully saturated rings. The molecule has 0 aromatic rings. The lowest BCUT2D eigenvalue weighted by Gasteiger charge is -2.10. The summed E-state index contributed by atoms with van der Waals surface area (Å²) >= 11 is 0. The number of esters is 1. The maximum atomic E-state index is 11.4. The van der Waals surface area contributed by atoms with Gasteiger partial charge in [0.15, 0.2) is 0 Å². The van der Waals surface area contributed by atoms with Crippen molar-refractivity contribution in [1.29, 1.82) is 0 Å². The fourth-order valence-electron chi connectivity index (χ4n) is 2.33. The van der Waals surface area contributed by atoms with Crippen LogP contribution < -0.4 is 0 Å². The van der Waals surface area contributed by atoms with Crippen LogP contribution in [0.4, 0.5) is 0 Å². The zero-order valence-corrected chi connectivity index (χ0v) is 20.4. The molecule has 0 saturated heterocycles. The first-order chi connectivity index (χ1) is 16.1. The summed E-state index contributed by atoms with van der Waals surface area (Å²) in [6, 6.07) is 0. The standard InChI is InChI=1S/C23H44O10/c1-3-21(2)20-32-17-16-30-13-12-28-9-8-27-10-11-29-14-15-31-18-19-33-23(26)7-5-4-6-22(24)25/h21H,3-20H2,1-2H3,(H,24,25). The van der Waals surface area contributed by atoms with Gasteiger partial charge in [0, 0.05) is 19.4 Å². The number of carbonyl (C=O) groups excluding carboxylic acids is 1. The monoisotopic (exact) mass is 480 g/mol. The van der Waals surface area contributed by atoms with Crippen LogP contribution in [0, 0.1) is 5.92 Å². The van der Waals surface area contributed by atoms with E-state index in [0.29, 0.717) is 91.4 Å². The summed E-state index contributed by atoms with van der Waals surface area (Å²) in [5.41, 5.74) is 0. The Labute approximate surface area is 198 Å². The largest absolute Gasteiger partial charge is 0.481 e. The maximum absolute atomic E-state index is 11.4. The van der Waals surface area contributed by atoms with Gasteiger partial charge in [-0.1, -0.05) is 20.3 Å². The van der Waals surface area contributed by atoms with E-state index in [1.54, 1.807) is 0 Å². The molecule has 0 aromatic carbocycles. The third kappa shape index (κ3) is 26.8. The summed E-state index contributed by atoms with van der Waals surface area (Å²) in [4.78, 5) is 21.8. The molecule has 1 unspecified atom stereocenters. The van der Waals surface area contributed by atoms with Crippen LogP contribution in [-0.4, -0.2) is 103 Å². The van der Waals surface area contributed by atoms with Gasteiger partial charge < -0.3 is 38.3 Å². The molecule has 0 amide bonds. The van der Waals surface area contributed by atoms with Crippen molar-refractivity contribution in [2.75, 3.05) is 85.9 Å². The molecule has 0 radical (unpaired) electrons. The molecule has 0 aliphatic heterocycles. The SMILES string of the molecule is CCC(C)COCCOCCOCCOCCOCCOCCOC(=O)CCCCC(=O)O. The van der Waals surface area contributed by atoms with Gasteiger partial charge in [0.2, 0.25) is 0 Å². The number of carboxylic acids is 1. The number of unbranched alkanes of at least 4 members (excludes halogenated alkanes) is 1. The van der Waals surface area contributed by atoms with Crippen LogP contribution in [0.3, 0.4) is 0 Å². The van der Waals surface area contributed by atoms with E-state index in [4.69, 9.17) is 38.3 Å². The van der Waals surface area contributed by atoms with Crippen LogP contribution >= 0.6 is 0 Å².